The number of thiazole rings is 1. The first-order valence-electron chi connectivity index (χ1n) is 8.91. The molecule has 2 heterocycles. The standard InChI is InChI=1S/C18H15N7O3S2/c1-2-14(30-18-21-22-23-24(18)11-6-4-3-5-7-11)16(26)20-17-19-13-9-8-12(25(27)28)10-15(13)29-17/h3-10,14H,2H2,1H3,(H,19,20,26)/t14-/m0/s1. The fourth-order valence-corrected chi connectivity index (χ4v) is 4.51. The Labute approximate surface area is 178 Å². The number of non-ortho nitro benzene ring substituents is 1. The molecule has 4 aromatic rings. The first-order chi connectivity index (χ1) is 14.5. The van der Waals surface area contributed by atoms with Gasteiger partial charge in [-0.2, -0.15) is 4.68 Å². The molecular formula is C18H15N7O3S2. The SMILES string of the molecule is CC[C@H](Sc1nnnn1-c1ccccc1)C(=O)Nc1nc2ccc([N+](=O)[O-])cc2s1. The van der Waals surface area contributed by atoms with Crippen LogP contribution in [0, 0.1) is 10.1 Å². The summed E-state index contributed by atoms with van der Waals surface area (Å²) in [4.78, 5) is 27.6. The summed E-state index contributed by atoms with van der Waals surface area (Å²) >= 11 is 2.45. The number of nitrogens with zero attached hydrogens (tertiary/aromatic N) is 6. The number of fused-ring (bicyclic) bond motifs is 1. The van der Waals surface area contributed by atoms with Crippen molar-refractivity contribution < 1.29 is 9.72 Å². The second kappa shape index (κ2) is 8.55. The predicted octanol–water partition coefficient (Wildman–Crippen LogP) is 3.69. The number of nitrogens with one attached hydrogen (secondary N) is 1. The van der Waals surface area contributed by atoms with E-state index in [0.717, 1.165) is 5.69 Å². The summed E-state index contributed by atoms with van der Waals surface area (Å²) < 4.78 is 2.21. The van der Waals surface area contributed by atoms with Gasteiger partial charge in [-0.15, -0.1) is 5.10 Å². The lowest BCUT2D eigenvalue weighted by molar-refractivity contribution is -0.384. The number of benzene rings is 2. The van der Waals surface area contributed by atoms with Crippen molar-refractivity contribution >= 4 is 50.0 Å². The Morgan fingerprint density at radius 1 is 1.30 bits per heavy atom. The first-order valence-corrected chi connectivity index (χ1v) is 10.6. The van der Waals surface area contributed by atoms with Crippen molar-refractivity contribution in [2.75, 3.05) is 5.32 Å². The largest absolute Gasteiger partial charge is 0.301 e. The number of carbonyl (C=O) groups excluding carboxylic acids is 1. The Morgan fingerprint density at radius 3 is 2.83 bits per heavy atom. The fourth-order valence-electron chi connectivity index (χ4n) is 2.70. The molecule has 0 aliphatic carbocycles. The van der Waals surface area contributed by atoms with Crippen molar-refractivity contribution in [2.45, 2.75) is 23.8 Å². The number of carbonyl (C=O) groups is 1. The van der Waals surface area contributed by atoms with Crippen molar-refractivity contribution in [1.82, 2.24) is 25.2 Å². The molecule has 0 aliphatic rings. The van der Waals surface area contributed by atoms with Crippen LogP contribution in [0.3, 0.4) is 0 Å². The number of hydrogen-bond acceptors (Lipinski definition) is 9. The third kappa shape index (κ3) is 4.14. The number of nitro benzene ring substituents is 1. The van der Waals surface area contributed by atoms with Gasteiger partial charge in [-0.1, -0.05) is 48.2 Å². The molecule has 4 rings (SSSR count). The van der Waals surface area contributed by atoms with Crippen molar-refractivity contribution in [3.63, 3.8) is 0 Å². The minimum atomic E-state index is -0.460. The lowest BCUT2D eigenvalue weighted by atomic mass is 10.3. The number of aromatic nitrogens is 5. The Morgan fingerprint density at radius 2 is 2.10 bits per heavy atom. The second-order valence-electron chi connectivity index (χ2n) is 6.14. The van der Waals surface area contributed by atoms with E-state index < -0.39 is 10.2 Å². The molecule has 1 amide bonds. The molecule has 0 bridgehead atoms. The molecule has 0 spiro atoms. The number of para-hydroxylation sites is 1. The van der Waals surface area contributed by atoms with E-state index in [0.29, 0.717) is 26.9 Å². The van der Waals surface area contributed by atoms with Crippen LogP contribution in [0.1, 0.15) is 13.3 Å². The van der Waals surface area contributed by atoms with E-state index in [1.165, 1.54) is 35.2 Å². The zero-order valence-corrected chi connectivity index (χ0v) is 17.3. The van der Waals surface area contributed by atoms with Crippen LogP contribution in [0.25, 0.3) is 15.9 Å². The topological polar surface area (TPSA) is 129 Å². The van der Waals surface area contributed by atoms with Gasteiger partial charge in [-0.3, -0.25) is 14.9 Å². The van der Waals surface area contributed by atoms with Crippen LogP contribution in [0.15, 0.2) is 53.7 Å². The molecule has 2 aromatic carbocycles. The van der Waals surface area contributed by atoms with Gasteiger partial charge in [0.1, 0.15) is 0 Å². The zero-order chi connectivity index (χ0) is 21.1. The van der Waals surface area contributed by atoms with Gasteiger partial charge >= 0.3 is 0 Å². The van der Waals surface area contributed by atoms with E-state index in [2.05, 4.69) is 25.8 Å². The monoisotopic (exact) mass is 441 g/mol. The summed E-state index contributed by atoms with van der Waals surface area (Å²) in [6.07, 6.45) is 0.550. The summed E-state index contributed by atoms with van der Waals surface area (Å²) in [5.74, 6) is -0.237. The van der Waals surface area contributed by atoms with Crippen molar-refractivity contribution in [3.05, 3.63) is 58.6 Å². The van der Waals surface area contributed by atoms with Gasteiger partial charge in [0.05, 0.1) is 26.1 Å². The third-order valence-electron chi connectivity index (χ3n) is 4.17. The fraction of sp³-hybridized carbons (Fsp3) is 0.167. The maximum atomic E-state index is 12.8. The highest BCUT2D eigenvalue weighted by atomic mass is 32.2. The second-order valence-corrected chi connectivity index (χ2v) is 8.34. The highest BCUT2D eigenvalue weighted by molar-refractivity contribution is 8.00. The molecule has 0 saturated heterocycles. The van der Waals surface area contributed by atoms with Gasteiger partial charge in [-0.25, -0.2) is 4.98 Å². The van der Waals surface area contributed by atoms with Crippen LogP contribution in [0.4, 0.5) is 10.8 Å². The van der Waals surface area contributed by atoms with Crippen molar-refractivity contribution in [2.24, 2.45) is 0 Å². The van der Waals surface area contributed by atoms with Crippen LogP contribution < -0.4 is 5.32 Å². The van der Waals surface area contributed by atoms with Gasteiger partial charge in [-0.05, 0) is 35.0 Å². The molecule has 0 unspecified atom stereocenters. The van der Waals surface area contributed by atoms with Crippen LogP contribution in [-0.2, 0) is 4.79 Å². The van der Waals surface area contributed by atoms with E-state index in [-0.39, 0.29) is 11.6 Å². The van der Waals surface area contributed by atoms with E-state index in [1.807, 2.05) is 37.3 Å². The van der Waals surface area contributed by atoms with Crippen molar-refractivity contribution in [3.8, 4) is 5.69 Å². The lowest BCUT2D eigenvalue weighted by Gasteiger charge is -2.12. The Balaban J connectivity index is 1.51. The van der Waals surface area contributed by atoms with Gasteiger partial charge in [0.25, 0.3) is 5.69 Å². The average Bonchev–Trinajstić information content (AvgIpc) is 3.37. The molecule has 0 saturated carbocycles. The van der Waals surface area contributed by atoms with Gasteiger partial charge < -0.3 is 5.32 Å². The normalized spacial score (nSPS) is 12.0. The number of hydrogen-bond donors (Lipinski definition) is 1. The smallest absolute Gasteiger partial charge is 0.270 e. The number of rotatable bonds is 7. The maximum absolute atomic E-state index is 12.8. The summed E-state index contributed by atoms with van der Waals surface area (Å²) in [5, 5.41) is 26.0. The van der Waals surface area contributed by atoms with E-state index in [1.54, 1.807) is 10.7 Å². The third-order valence-corrected chi connectivity index (χ3v) is 6.40. The molecule has 10 nitrogen and oxygen atoms in total. The molecule has 0 fully saturated rings. The molecule has 1 N–H and O–H groups in total. The number of anilines is 1. The molecule has 0 aliphatic heterocycles. The average molecular weight is 441 g/mol. The Hall–Kier alpha value is -3.38. The summed E-state index contributed by atoms with van der Waals surface area (Å²) in [5.41, 5.74) is 1.38. The molecule has 152 valence electrons. The molecule has 2 aromatic heterocycles. The minimum absolute atomic E-state index is 0.0150. The summed E-state index contributed by atoms with van der Waals surface area (Å²) in [6.45, 7) is 1.90. The predicted molar refractivity (Wildman–Crippen MR) is 114 cm³/mol. The minimum Gasteiger partial charge on any atom is -0.301 e. The Kier molecular flexibility index (Phi) is 5.68. The highest BCUT2D eigenvalue weighted by Crippen LogP contribution is 2.31. The van der Waals surface area contributed by atoms with E-state index >= 15 is 0 Å². The highest BCUT2D eigenvalue weighted by Gasteiger charge is 2.23. The molecule has 12 heteroatoms. The number of tetrazole rings is 1. The quantitative estimate of drug-likeness (QED) is 0.261. The lowest BCUT2D eigenvalue weighted by Crippen LogP contribution is -2.25. The molecule has 0 radical (unpaired) electrons. The number of thioether (sulfide) groups is 1. The van der Waals surface area contributed by atoms with Crippen LogP contribution >= 0.6 is 23.1 Å². The molecular weight excluding hydrogens is 426 g/mol. The summed E-state index contributed by atoms with van der Waals surface area (Å²) in [6, 6.07) is 13.8. The van der Waals surface area contributed by atoms with Crippen LogP contribution in [0.5, 0.6) is 0 Å². The van der Waals surface area contributed by atoms with Gasteiger partial charge in [0, 0.05) is 12.1 Å². The van der Waals surface area contributed by atoms with Gasteiger partial charge in [0.2, 0.25) is 11.1 Å². The van der Waals surface area contributed by atoms with E-state index in [9.17, 15) is 14.9 Å². The molecule has 30 heavy (non-hydrogen) atoms. The molecule has 1 atom stereocenters. The van der Waals surface area contributed by atoms with Crippen LogP contribution in [0.2, 0.25) is 0 Å². The van der Waals surface area contributed by atoms with Gasteiger partial charge in [0.15, 0.2) is 5.13 Å². The number of nitro groups is 1. The zero-order valence-electron chi connectivity index (χ0n) is 15.6. The number of amides is 1. The maximum Gasteiger partial charge on any atom is 0.270 e. The van der Waals surface area contributed by atoms with Crippen LogP contribution in [-0.4, -0.2) is 41.3 Å². The summed E-state index contributed by atoms with van der Waals surface area (Å²) in [7, 11) is 0. The van der Waals surface area contributed by atoms with E-state index in [4.69, 9.17) is 0 Å². The Bertz CT molecular complexity index is 1210. The first kappa shape index (κ1) is 19.9. The van der Waals surface area contributed by atoms with Crippen molar-refractivity contribution in [1.29, 1.82) is 0 Å².